The van der Waals surface area contributed by atoms with Gasteiger partial charge in [-0.1, -0.05) is 30.3 Å². The lowest BCUT2D eigenvalue weighted by molar-refractivity contribution is -0.123. The Morgan fingerprint density at radius 3 is 2.42 bits per heavy atom. The Bertz CT molecular complexity index is 781. The second kappa shape index (κ2) is 9.11. The average Bonchev–Trinajstić information content (AvgIpc) is 2.62. The lowest BCUT2D eigenvalue weighted by Gasteiger charge is -2.18. The topological polar surface area (TPSA) is 153 Å². The Morgan fingerprint density at radius 1 is 1.08 bits per heavy atom. The number of hydrogen-bond donors (Lipinski definition) is 4. The van der Waals surface area contributed by atoms with Crippen LogP contribution in [0.25, 0.3) is 0 Å². The molecule has 26 heavy (non-hydrogen) atoms. The normalized spacial score (nSPS) is 11.4. The molecule has 0 aliphatic carbocycles. The van der Waals surface area contributed by atoms with Gasteiger partial charge in [-0.05, 0) is 5.56 Å². The molecule has 136 valence electrons. The van der Waals surface area contributed by atoms with Gasteiger partial charge < -0.3 is 22.1 Å². The van der Waals surface area contributed by atoms with E-state index in [1.54, 1.807) is 0 Å². The van der Waals surface area contributed by atoms with Gasteiger partial charge in [-0.25, -0.2) is 9.97 Å². The summed E-state index contributed by atoms with van der Waals surface area (Å²) in [6, 6.07) is 8.32. The first kappa shape index (κ1) is 18.8. The van der Waals surface area contributed by atoms with E-state index in [1.165, 1.54) is 12.4 Å². The van der Waals surface area contributed by atoms with Gasteiger partial charge >= 0.3 is 0 Å². The van der Waals surface area contributed by atoms with Gasteiger partial charge in [-0.15, -0.1) is 0 Å². The molecular weight excluding hydrogens is 336 g/mol. The lowest BCUT2D eigenvalue weighted by Crippen LogP contribution is -2.48. The molecule has 1 aromatic carbocycles. The predicted molar refractivity (Wildman–Crippen MR) is 94.7 cm³/mol. The first-order chi connectivity index (χ1) is 12.5. The second-order valence-corrected chi connectivity index (χ2v) is 5.51. The number of amides is 3. The zero-order chi connectivity index (χ0) is 18.9. The zero-order valence-corrected chi connectivity index (χ0v) is 14.0. The van der Waals surface area contributed by atoms with E-state index in [-0.39, 0.29) is 30.9 Å². The standard InChI is InChI=1S/C17H20N6O3/c18-13(24)6-7-22-16(25)12(10-11-4-2-1-3-5-11)23-17(26)14-15(19)21-9-8-20-14/h1-5,8-9,12H,6-7,10H2,(H2,18,24)(H2,19,21)(H,22,25)(H,23,26). The van der Waals surface area contributed by atoms with E-state index < -0.39 is 23.8 Å². The van der Waals surface area contributed by atoms with Crippen molar-refractivity contribution in [2.75, 3.05) is 12.3 Å². The van der Waals surface area contributed by atoms with Crippen LogP contribution in [0.15, 0.2) is 42.7 Å². The van der Waals surface area contributed by atoms with Gasteiger partial charge in [0, 0.05) is 31.8 Å². The molecule has 9 nitrogen and oxygen atoms in total. The van der Waals surface area contributed by atoms with Gasteiger partial charge in [0.25, 0.3) is 5.91 Å². The highest BCUT2D eigenvalue weighted by molar-refractivity contribution is 5.99. The molecule has 0 spiro atoms. The molecule has 1 aromatic heterocycles. The maximum absolute atomic E-state index is 12.4. The minimum atomic E-state index is -0.876. The molecule has 0 fully saturated rings. The third-order valence-electron chi connectivity index (χ3n) is 3.52. The Balaban J connectivity index is 2.11. The molecular formula is C17H20N6O3. The minimum Gasteiger partial charge on any atom is -0.382 e. The van der Waals surface area contributed by atoms with Crippen LogP contribution in [0, 0.1) is 0 Å². The molecule has 0 radical (unpaired) electrons. The maximum Gasteiger partial charge on any atom is 0.274 e. The Kier molecular flexibility index (Phi) is 6.60. The van der Waals surface area contributed by atoms with Gasteiger partial charge in [-0.2, -0.15) is 0 Å². The molecule has 2 aromatic rings. The molecule has 0 bridgehead atoms. The number of nitrogens with two attached hydrogens (primary N) is 2. The molecule has 6 N–H and O–H groups in total. The monoisotopic (exact) mass is 356 g/mol. The summed E-state index contributed by atoms with van der Waals surface area (Å²) in [5.41, 5.74) is 11.5. The zero-order valence-electron chi connectivity index (χ0n) is 14.0. The number of anilines is 1. The fraction of sp³-hybridized carbons (Fsp3) is 0.235. The Hall–Kier alpha value is -3.49. The summed E-state index contributed by atoms with van der Waals surface area (Å²) in [6.45, 7) is 0.0859. The van der Waals surface area contributed by atoms with Crippen LogP contribution in [0.5, 0.6) is 0 Å². The van der Waals surface area contributed by atoms with Gasteiger partial charge in [-0.3, -0.25) is 14.4 Å². The fourth-order valence-corrected chi connectivity index (χ4v) is 2.24. The quantitative estimate of drug-likeness (QED) is 0.495. The number of carbonyl (C=O) groups excluding carboxylic acids is 3. The van der Waals surface area contributed by atoms with Crippen molar-refractivity contribution < 1.29 is 14.4 Å². The number of hydrogen-bond acceptors (Lipinski definition) is 6. The van der Waals surface area contributed by atoms with Crippen LogP contribution in [0.2, 0.25) is 0 Å². The molecule has 9 heteroatoms. The van der Waals surface area contributed by atoms with Crippen LogP contribution < -0.4 is 22.1 Å². The predicted octanol–water partition coefficient (Wildman–Crippen LogP) is -0.608. The molecule has 3 amide bonds. The number of nitrogen functional groups attached to an aromatic ring is 1. The SMILES string of the molecule is NC(=O)CCNC(=O)C(Cc1ccccc1)NC(=O)c1nccnc1N. The molecule has 1 heterocycles. The molecule has 1 atom stereocenters. The van der Waals surface area contributed by atoms with Gasteiger partial charge in [0.1, 0.15) is 6.04 Å². The summed E-state index contributed by atoms with van der Waals surface area (Å²) in [7, 11) is 0. The van der Waals surface area contributed by atoms with Crippen LogP contribution in [0.3, 0.4) is 0 Å². The highest BCUT2D eigenvalue weighted by atomic mass is 16.2. The van der Waals surface area contributed by atoms with E-state index in [0.717, 1.165) is 5.56 Å². The summed E-state index contributed by atoms with van der Waals surface area (Å²) in [5.74, 6) is -1.61. The molecule has 0 saturated heterocycles. The van der Waals surface area contributed by atoms with E-state index in [0.29, 0.717) is 0 Å². The highest BCUT2D eigenvalue weighted by Crippen LogP contribution is 2.07. The van der Waals surface area contributed by atoms with Crippen molar-refractivity contribution in [3.8, 4) is 0 Å². The van der Waals surface area contributed by atoms with Crippen LogP contribution in [0.1, 0.15) is 22.5 Å². The van der Waals surface area contributed by atoms with E-state index in [9.17, 15) is 14.4 Å². The van der Waals surface area contributed by atoms with Crippen molar-refractivity contribution in [1.29, 1.82) is 0 Å². The van der Waals surface area contributed by atoms with Crippen LogP contribution in [-0.2, 0) is 16.0 Å². The summed E-state index contributed by atoms with van der Waals surface area (Å²) >= 11 is 0. The number of rotatable bonds is 8. The van der Waals surface area contributed by atoms with E-state index in [4.69, 9.17) is 11.5 Å². The average molecular weight is 356 g/mol. The van der Waals surface area contributed by atoms with Crippen molar-refractivity contribution in [3.05, 3.63) is 54.0 Å². The van der Waals surface area contributed by atoms with Crippen molar-refractivity contribution >= 4 is 23.5 Å². The Labute approximate surface area is 150 Å². The third-order valence-corrected chi connectivity index (χ3v) is 3.52. The summed E-state index contributed by atoms with van der Waals surface area (Å²) in [4.78, 5) is 43.4. The number of aromatic nitrogens is 2. The summed E-state index contributed by atoms with van der Waals surface area (Å²) < 4.78 is 0. The largest absolute Gasteiger partial charge is 0.382 e. The first-order valence-corrected chi connectivity index (χ1v) is 7.94. The van der Waals surface area contributed by atoms with Crippen LogP contribution in [-0.4, -0.2) is 40.3 Å². The van der Waals surface area contributed by atoms with Crippen molar-refractivity contribution in [2.24, 2.45) is 5.73 Å². The van der Waals surface area contributed by atoms with E-state index >= 15 is 0 Å². The number of benzene rings is 1. The summed E-state index contributed by atoms with van der Waals surface area (Å²) in [6.07, 6.45) is 2.97. The molecule has 0 saturated carbocycles. The number of nitrogens with one attached hydrogen (secondary N) is 2. The number of nitrogens with zero attached hydrogens (tertiary/aromatic N) is 2. The van der Waals surface area contributed by atoms with E-state index in [1.807, 2.05) is 30.3 Å². The maximum atomic E-state index is 12.4. The second-order valence-electron chi connectivity index (χ2n) is 5.51. The fourth-order valence-electron chi connectivity index (χ4n) is 2.24. The van der Waals surface area contributed by atoms with Gasteiger partial charge in [0.2, 0.25) is 11.8 Å². The number of primary amides is 1. The molecule has 2 rings (SSSR count). The van der Waals surface area contributed by atoms with E-state index in [2.05, 4.69) is 20.6 Å². The number of carbonyl (C=O) groups is 3. The van der Waals surface area contributed by atoms with Crippen LogP contribution >= 0.6 is 0 Å². The van der Waals surface area contributed by atoms with Crippen molar-refractivity contribution in [3.63, 3.8) is 0 Å². The molecule has 0 aliphatic rings. The van der Waals surface area contributed by atoms with Gasteiger partial charge in [0.05, 0.1) is 0 Å². The smallest absolute Gasteiger partial charge is 0.274 e. The third kappa shape index (κ3) is 5.55. The lowest BCUT2D eigenvalue weighted by atomic mass is 10.0. The minimum absolute atomic E-state index is 0.00878. The van der Waals surface area contributed by atoms with Gasteiger partial charge in [0.15, 0.2) is 11.5 Å². The van der Waals surface area contributed by atoms with Crippen molar-refractivity contribution in [1.82, 2.24) is 20.6 Å². The molecule has 0 aliphatic heterocycles. The Morgan fingerprint density at radius 2 is 1.77 bits per heavy atom. The first-order valence-electron chi connectivity index (χ1n) is 7.94. The van der Waals surface area contributed by atoms with Crippen LogP contribution in [0.4, 0.5) is 5.82 Å². The highest BCUT2D eigenvalue weighted by Gasteiger charge is 2.23. The summed E-state index contributed by atoms with van der Waals surface area (Å²) in [5, 5.41) is 5.19. The van der Waals surface area contributed by atoms with Crippen molar-refractivity contribution in [2.45, 2.75) is 18.9 Å². The molecule has 1 unspecified atom stereocenters.